The summed E-state index contributed by atoms with van der Waals surface area (Å²) >= 11 is 0. The van der Waals surface area contributed by atoms with Gasteiger partial charge in [-0.1, -0.05) is 26.0 Å². The summed E-state index contributed by atoms with van der Waals surface area (Å²) in [6.07, 6.45) is 1.81. The second kappa shape index (κ2) is 10.8. The highest BCUT2D eigenvalue weighted by atomic mass is 32.2. The van der Waals surface area contributed by atoms with Crippen LogP contribution in [0.25, 0.3) is 0 Å². The number of hydrogen-bond acceptors (Lipinski definition) is 5. The molecular formula is C24H32N2O5S. The summed E-state index contributed by atoms with van der Waals surface area (Å²) in [5, 5.41) is 2.77. The highest BCUT2D eigenvalue weighted by Gasteiger charge is 2.26. The van der Waals surface area contributed by atoms with E-state index in [0.717, 1.165) is 29.7 Å². The number of aryl methyl sites for hydroxylation is 1. The van der Waals surface area contributed by atoms with E-state index in [9.17, 15) is 13.2 Å². The van der Waals surface area contributed by atoms with Crippen LogP contribution in [0.1, 0.15) is 43.7 Å². The van der Waals surface area contributed by atoms with E-state index in [1.807, 2.05) is 25.1 Å². The number of nitrogens with zero attached hydrogens (tertiary/aromatic N) is 1. The Bertz CT molecular complexity index is 1010. The normalized spacial score (nSPS) is 14.5. The lowest BCUT2D eigenvalue weighted by Crippen LogP contribution is -2.32. The van der Waals surface area contributed by atoms with Crippen molar-refractivity contribution in [3.63, 3.8) is 0 Å². The van der Waals surface area contributed by atoms with Crippen LogP contribution in [0.15, 0.2) is 47.4 Å². The first-order valence-electron chi connectivity index (χ1n) is 11.0. The molecule has 2 aromatic rings. The molecule has 0 aliphatic carbocycles. The van der Waals surface area contributed by atoms with Crippen molar-refractivity contribution < 1.29 is 22.7 Å². The maximum absolute atomic E-state index is 12.5. The Balaban J connectivity index is 1.42. The van der Waals surface area contributed by atoms with Crippen LogP contribution in [0.4, 0.5) is 0 Å². The minimum Gasteiger partial charge on any atom is -0.492 e. The number of nitrogens with one attached hydrogen (secondary N) is 1. The molecule has 0 radical (unpaired) electrons. The van der Waals surface area contributed by atoms with Crippen molar-refractivity contribution in [1.29, 1.82) is 0 Å². The van der Waals surface area contributed by atoms with Crippen molar-refractivity contribution in [1.82, 2.24) is 9.62 Å². The van der Waals surface area contributed by atoms with Crippen LogP contribution in [0.5, 0.6) is 11.5 Å². The molecule has 3 rings (SSSR count). The number of hydrogen-bond donors (Lipinski definition) is 1. The number of rotatable bonds is 10. The standard InChI is InChI=1S/C24H32N2O5S/c1-18(2)22-11-6-19(3)16-23(22)31-17-24(27)25-12-15-30-20-7-9-21(10-8-20)32(28,29)26-13-4-5-14-26/h6-11,16,18H,4-5,12-15,17H2,1-3H3,(H,25,27). The minimum absolute atomic E-state index is 0.0633. The molecule has 1 N–H and O–H groups in total. The molecule has 1 saturated heterocycles. The van der Waals surface area contributed by atoms with Gasteiger partial charge in [-0.15, -0.1) is 0 Å². The van der Waals surface area contributed by atoms with E-state index in [1.54, 1.807) is 24.3 Å². The van der Waals surface area contributed by atoms with E-state index in [1.165, 1.54) is 4.31 Å². The van der Waals surface area contributed by atoms with Gasteiger partial charge < -0.3 is 14.8 Å². The molecule has 7 nitrogen and oxygen atoms in total. The van der Waals surface area contributed by atoms with Gasteiger partial charge in [0, 0.05) is 13.1 Å². The monoisotopic (exact) mass is 460 g/mol. The number of sulfonamides is 1. The van der Waals surface area contributed by atoms with Crippen LogP contribution in [0, 0.1) is 6.92 Å². The van der Waals surface area contributed by atoms with Crippen LogP contribution in [-0.4, -0.2) is 51.5 Å². The molecule has 32 heavy (non-hydrogen) atoms. The molecule has 2 aromatic carbocycles. The highest BCUT2D eigenvalue weighted by Crippen LogP contribution is 2.27. The molecule has 1 aliphatic heterocycles. The number of carbonyl (C=O) groups is 1. The van der Waals surface area contributed by atoms with E-state index < -0.39 is 10.0 Å². The van der Waals surface area contributed by atoms with Crippen molar-refractivity contribution in [3.8, 4) is 11.5 Å². The maximum Gasteiger partial charge on any atom is 0.258 e. The minimum atomic E-state index is -3.43. The van der Waals surface area contributed by atoms with E-state index in [4.69, 9.17) is 9.47 Å². The van der Waals surface area contributed by atoms with Gasteiger partial charge in [0.2, 0.25) is 10.0 Å². The first-order valence-corrected chi connectivity index (χ1v) is 12.4. The molecule has 1 heterocycles. The molecule has 0 saturated carbocycles. The van der Waals surface area contributed by atoms with Gasteiger partial charge in [0.25, 0.3) is 5.91 Å². The van der Waals surface area contributed by atoms with Crippen molar-refractivity contribution in [3.05, 3.63) is 53.6 Å². The fourth-order valence-corrected chi connectivity index (χ4v) is 5.10. The zero-order valence-corrected chi connectivity index (χ0v) is 19.8. The van der Waals surface area contributed by atoms with Gasteiger partial charge in [-0.05, 0) is 67.1 Å². The first-order chi connectivity index (χ1) is 15.3. The summed E-state index contributed by atoms with van der Waals surface area (Å²) in [6, 6.07) is 12.4. The first kappa shape index (κ1) is 24.1. The van der Waals surface area contributed by atoms with Gasteiger partial charge in [-0.2, -0.15) is 4.31 Å². The van der Waals surface area contributed by atoms with Crippen LogP contribution in [-0.2, 0) is 14.8 Å². The Morgan fingerprint density at radius 3 is 2.41 bits per heavy atom. The van der Waals surface area contributed by atoms with Crippen molar-refractivity contribution >= 4 is 15.9 Å². The summed E-state index contributed by atoms with van der Waals surface area (Å²) < 4.78 is 38.0. The summed E-state index contributed by atoms with van der Waals surface area (Å²) in [5.41, 5.74) is 2.15. The SMILES string of the molecule is Cc1ccc(C(C)C)c(OCC(=O)NCCOc2ccc(S(=O)(=O)N3CCCC3)cc2)c1. The molecule has 0 atom stereocenters. The highest BCUT2D eigenvalue weighted by molar-refractivity contribution is 7.89. The predicted molar refractivity (Wildman–Crippen MR) is 124 cm³/mol. The Labute approximate surface area is 190 Å². The number of benzene rings is 2. The van der Waals surface area contributed by atoms with Crippen molar-refractivity contribution in [2.75, 3.05) is 32.8 Å². The largest absolute Gasteiger partial charge is 0.492 e. The van der Waals surface area contributed by atoms with E-state index in [2.05, 4.69) is 19.2 Å². The molecule has 1 aliphatic rings. The van der Waals surface area contributed by atoms with Gasteiger partial charge >= 0.3 is 0 Å². The number of carbonyl (C=O) groups excluding carboxylic acids is 1. The van der Waals surface area contributed by atoms with Crippen molar-refractivity contribution in [2.45, 2.75) is 44.4 Å². The third-order valence-corrected chi connectivity index (χ3v) is 7.28. The van der Waals surface area contributed by atoms with E-state index in [-0.39, 0.29) is 24.0 Å². The van der Waals surface area contributed by atoms with Crippen LogP contribution in [0.2, 0.25) is 0 Å². The molecule has 0 aromatic heterocycles. The molecule has 174 valence electrons. The lowest BCUT2D eigenvalue weighted by atomic mass is 10.0. The molecule has 1 fully saturated rings. The third-order valence-electron chi connectivity index (χ3n) is 5.37. The summed E-state index contributed by atoms with van der Waals surface area (Å²) in [6.45, 7) is 7.84. The number of amides is 1. The Hall–Kier alpha value is -2.58. The Morgan fingerprint density at radius 2 is 1.75 bits per heavy atom. The topological polar surface area (TPSA) is 84.9 Å². The predicted octanol–water partition coefficient (Wildman–Crippen LogP) is 3.48. The van der Waals surface area contributed by atoms with Gasteiger partial charge in [-0.25, -0.2) is 8.42 Å². The lowest BCUT2D eigenvalue weighted by molar-refractivity contribution is -0.123. The van der Waals surface area contributed by atoms with Crippen LogP contribution in [0.3, 0.4) is 0 Å². The van der Waals surface area contributed by atoms with Gasteiger partial charge in [0.05, 0.1) is 11.4 Å². The molecule has 0 unspecified atom stereocenters. The molecular weight excluding hydrogens is 428 g/mol. The Morgan fingerprint density at radius 1 is 1.06 bits per heavy atom. The molecule has 0 bridgehead atoms. The van der Waals surface area contributed by atoms with Crippen LogP contribution >= 0.6 is 0 Å². The third kappa shape index (κ3) is 6.23. The second-order valence-electron chi connectivity index (χ2n) is 8.27. The fraction of sp³-hybridized carbons (Fsp3) is 0.458. The number of ether oxygens (including phenoxy) is 2. The zero-order valence-electron chi connectivity index (χ0n) is 19.0. The lowest BCUT2D eigenvalue weighted by Gasteiger charge is -2.16. The quantitative estimate of drug-likeness (QED) is 0.549. The van der Waals surface area contributed by atoms with Gasteiger partial charge in [0.15, 0.2) is 6.61 Å². The fourth-order valence-electron chi connectivity index (χ4n) is 3.58. The average Bonchev–Trinajstić information content (AvgIpc) is 3.31. The van der Waals surface area contributed by atoms with Gasteiger partial charge in [-0.3, -0.25) is 4.79 Å². The smallest absolute Gasteiger partial charge is 0.258 e. The molecule has 0 spiro atoms. The van der Waals surface area contributed by atoms with Crippen LogP contribution < -0.4 is 14.8 Å². The summed E-state index contributed by atoms with van der Waals surface area (Å²) in [4.78, 5) is 12.4. The second-order valence-corrected chi connectivity index (χ2v) is 10.2. The summed E-state index contributed by atoms with van der Waals surface area (Å²) in [7, 11) is -3.43. The van der Waals surface area contributed by atoms with E-state index >= 15 is 0 Å². The van der Waals surface area contributed by atoms with Crippen molar-refractivity contribution in [2.24, 2.45) is 0 Å². The van der Waals surface area contributed by atoms with Gasteiger partial charge in [0.1, 0.15) is 18.1 Å². The summed E-state index contributed by atoms with van der Waals surface area (Å²) in [5.74, 6) is 1.36. The Kier molecular flexibility index (Phi) is 8.15. The maximum atomic E-state index is 12.5. The average molecular weight is 461 g/mol. The van der Waals surface area contributed by atoms with E-state index in [0.29, 0.717) is 31.3 Å². The molecule has 8 heteroatoms. The zero-order chi connectivity index (χ0) is 23.1. The molecule has 1 amide bonds.